The summed E-state index contributed by atoms with van der Waals surface area (Å²) < 4.78 is 2.21. The van der Waals surface area contributed by atoms with Gasteiger partial charge in [0.2, 0.25) is 5.91 Å². The van der Waals surface area contributed by atoms with E-state index in [0.29, 0.717) is 5.75 Å². The van der Waals surface area contributed by atoms with Crippen molar-refractivity contribution in [2.24, 2.45) is 5.10 Å². The Morgan fingerprint density at radius 2 is 2.04 bits per heavy atom. The van der Waals surface area contributed by atoms with Crippen LogP contribution in [0.5, 0.6) is 0 Å². The molecule has 0 atom stereocenters. The van der Waals surface area contributed by atoms with E-state index in [-0.39, 0.29) is 5.91 Å². The van der Waals surface area contributed by atoms with E-state index in [0.717, 1.165) is 25.1 Å². The predicted molar refractivity (Wildman–Crippen MR) is 110 cm³/mol. The highest BCUT2D eigenvalue weighted by Crippen LogP contribution is 2.21. The third-order valence-corrected chi connectivity index (χ3v) is 5.47. The molecule has 0 spiro atoms. The number of rotatable bonds is 6. The standard InChI is InChI=1S/C17H16BrIN2OS/c1-12(13-6-4-7-15(19)9-13)20-21-17(22)11-23-10-14-5-2-3-8-16(14)18/h2-9H,10-11H2,1H3,(H,21,22). The first-order valence-corrected chi connectivity index (χ1v) is 9.99. The average molecular weight is 503 g/mol. The molecule has 0 saturated carbocycles. The Hall–Kier alpha value is -0.860. The maximum absolute atomic E-state index is 11.9. The zero-order valence-corrected chi connectivity index (χ0v) is 17.1. The summed E-state index contributed by atoms with van der Waals surface area (Å²) in [6.45, 7) is 1.89. The fourth-order valence-electron chi connectivity index (χ4n) is 1.83. The molecule has 1 N–H and O–H groups in total. The van der Waals surface area contributed by atoms with Crippen LogP contribution in [-0.2, 0) is 10.5 Å². The number of thioether (sulfide) groups is 1. The van der Waals surface area contributed by atoms with Gasteiger partial charge in [-0.1, -0.05) is 46.3 Å². The van der Waals surface area contributed by atoms with Gasteiger partial charge in [-0.3, -0.25) is 4.79 Å². The lowest BCUT2D eigenvalue weighted by molar-refractivity contribution is -0.118. The van der Waals surface area contributed by atoms with E-state index in [1.54, 1.807) is 11.8 Å². The number of halogens is 2. The molecule has 1 amide bonds. The minimum absolute atomic E-state index is 0.0907. The van der Waals surface area contributed by atoms with Gasteiger partial charge in [0.05, 0.1) is 11.5 Å². The lowest BCUT2D eigenvalue weighted by atomic mass is 10.1. The third-order valence-electron chi connectivity index (χ3n) is 3.04. The van der Waals surface area contributed by atoms with E-state index >= 15 is 0 Å². The van der Waals surface area contributed by atoms with Crippen LogP contribution < -0.4 is 5.43 Å². The second-order valence-corrected chi connectivity index (χ2v) is 7.91. The van der Waals surface area contributed by atoms with Crippen molar-refractivity contribution in [1.82, 2.24) is 5.43 Å². The molecule has 0 aliphatic rings. The van der Waals surface area contributed by atoms with Crippen LogP contribution in [0.25, 0.3) is 0 Å². The van der Waals surface area contributed by atoms with Crippen molar-refractivity contribution in [3.8, 4) is 0 Å². The van der Waals surface area contributed by atoms with Gasteiger partial charge >= 0.3 is 0 Å². The lowest BCUT2D eigenvalue weighted by Gasteiger charge is -2.05. The van der Waals surface area contributed by atoms with Crippen molar-refractivity contribution in [3.05, 3.63) is 67.7 Å². The third kappa shape index (κ3) is 6.27. The number of hydrazone groups is 1. The maximum Gasteiger partial charge on any atom is 0.250 e. The molecule has 0 aliphatic heterocycles. The second-order valence-electron chi connectivity index (χ2n) is 4.83. The van der Waals surface area contributed by atoms with Crippen molar-refractivity contribution in [2.45, 2.75) is 12.7 Å². The normalized spacial score (nSPS) is 11.3. The molecule has 0 unspecified atom stereocenters. The summed E-state index contributed by atoms with van der Waals surface area (Å²) in [5.41, 5.74) is 5.61. The van der Waals surface area contributed by atoms with Gasteiger partial charge in [-0.05, 0) is 58.8 Å². The van der Waals surface area contributed by atoms with Gasteiger partial charge in [0.15, 0.2) is 0 Å². The highest BCUT2D eigenvalue weighted by atomic mass is 127. The minimum atomic E-state index is -0.0907. The van der Waals surface area contributed by atoms with Crippen molar-refractivity contribution >= 4 is 61.9 Å². The Labute approximate surface area is 162 Å². The van der Waals surface area contributed by atoms with Gasteiger partial charge in [-0.2, -0.15) is 5.10 Å². The average Bonchev–Trinajstić information content (AvgIpc) is 2.54. The molecule has 0 aromatic heterocycles. The van der Waals surface area contributed by atoms with Crippen LogP contribution in [-0.4, -0.2) is 17.4 Å². The Bertz CT molecular complexity index is 721. The number of nitrogens with one attached hydrogen (secondary N) is 1. The molecule has 0 radical (unpaired) electrons. The SMILES string of the molecule is CC(=NNC(=O)CSCc1ccccc1Br)c1cccc(I)c1. The van der Waals surface area contributed by atoms with E-state index in [4.69, 9.17) is 0 Å². The summed E-state index contributed by atoms with van der Waals surface area (Å²) in [6.07, 6.45) is 0. The number of amides is 1. The first-order chi connectivity index (χ1) is 11.1. The Morgan fingerprint density at radius 3 is 2.78 bits per heavy atom. The Balaban J connectivity index is 1.81. The van der Waals surface area contributed by atoms with Gasteiger partial charge in [0.1, 0.15) is 0 Å². The first kappa shape index (κ1) is 18.5. The summed E-state index contributed by atoms with van der Waals surface area (Å²) in [5, 5.41) is 4.17. The fraction of sp³-hybridized carbons (Fsp3) is 0.176. The van der Waals surface area contributed by atoms with Gasteiger partial charge in [-0.25, -0.2) is 5.43 Å². The van der Waals surface area contributed by atoms with Crippen LogP contribution in [0.15, 0.2) is 58.1 Å². The zero-order chi connectivity index (χ0) is 16.7. The monoisotopic (exact) mass is 502 g/mol. The number of carbonyl (C=O) groups excluding carboxylic acids is 1. The molecular formula is C17H16BrIN2OS. The number of carbonyl (C=O) groups is 1. The molecule has 2 rings (SSSR count). The molecule has 23 heavy (non-hydrogen) atoms. The summed E-state index contributed by atoms with van der Waals surface area (Å²) in [4.78, 5) is 11.9. The van der Waals surface area contributed by atoms with E-state index in [1.165, 1.54) is 5.56 Å². The number of hydrogen-bond donors (Lipinski definition) is 1. The molecule has 0 fully saturated rings. The molecule has 0 heterocycles. The molecule has 0 aliphatic carbocycles. The largest absolute Gasteiger partial charge is 0.272 e. The molecule has 6 heteroatoms. The van der Waals surface area contributed by atoms with E-state index in [2.05, 4.69) is 49.0 Å². The molecular weight excluding hydrogens is 487 g/mol. The van der Waals surface area contributed by atoms with Crippen molar-refractivity contribution in [3.63, 3.8) is 0 Å². The minimum Gasteiger partial charge on any atom is -0.272 e. The molecule has 3 nitrogen and oxygen atoms in total. The molecule has 0 bridgehead atoms. The number of hydrogen-bond acceptors (Lipinski definition) is 3. The van der Waals surface area contributed by atoms with E-state index in [1.807, 2.05) is 55.5 Å². The van der Waals surface area contributed by atoms with Crippen LogP contribution in [0.2, 0.25) is 0 Å². The van der Waals surface area contributed by atoms with Gasteiger partial charge < -0.3 is 0 Å². The van der Waals surface area contributed by atoms with Gasteiger partial charge in [0, 0.05) is 13.8 Å². The highest BCUT2D eigenvalue weighted by Gasteiger charge is 2.04. The summed E-state index contributed by atoms with van der Waals surface area (Å²) in [7, 11) is 0. The number of benzene rings is 2. The Morgan fingerprint density at radius 1 is 1.26 bits per heavy atom. The topological polar surface area (TPSA) is 41.5 Å². The van der Waals surface area contributed by atoms with Crippen molar-refractivity contribution in [2.75, 3.05) is 5.75 Å². The smallest absolute Gasteiger partial charge is 0.250 e. The molecule has 0 saturated heterocycles. The molecule has 2 aromatic carbocycles. The Kier molecular flexibility index (Phi) is 7.58. The van der Waals surface area contributed by atoms with Crippen LogP contribution in [0.4, 0.5) is 0 Å². The quantitative estimate of drug-likeness (QED) is 0.349. The van der Waals surface area contributed by atoms with Crippen LogP contribution in [0.1, 0.15) is 18.1 Å². The number of nitrogens with zero attached hydrogens (tertiary/aromatic N) is 1. The zero-order valence-electron chi connectivity index (χ0n) is 12.6. The first-order valence-electron chi connectivity index (χ1n) is 6.96. The maximum atomic E-state index is 11.9. The summed E-state index contributed by atoms with van der Waals surface area (Å²) in [5.74, 6) is 1.07. The highest BCUT2D eigenvalue weighted by molar-refractivity contribution is 14.1. The summed E-state index contributed by atoms with van der Waals surface area (Å²) in [6, 6.07) is 16.0. The van der Waals surface area contributed by atoms with Crippen LogP contribution in [0.3, 0.4) is 0 Å². The molecule has 120 valence electrons. The molecule has 2 aromatic rings. The fourth-order valence-corrected chi connectivity index (χ4v) is 3.80. The van der Waals surface area contributed by atoms with Crippen LogP contribution in [0, 0.1) is 3.57 Å². The summed E-state index contributed by atoms with van der Waals surface area (Å²) >= 11 is 7.33. The van der Waals surface area contributed by atoms with Crippen molar-refractivity contribution in [1.29, 1.82) is 0 Å². The van der Waals surface area contributed by atoms with Gasteiger partial charge in [-0.15, -0.1) is 11.8 Å². The van der Waals surface area contributed by atoms with Crippen LogP contribution >= 0.6 is 50.3 Å². The van der Waals surface area contributed by atoms with E-state index < -0.39 is 0 Å². The lowest BCUT2D eigenvalue weighted by Crippen LogP contribution is -2.21. The predicted octanol–water partition coefficient (Wildman–Crippen LogP) is 4.83. The second kappa shape index (κ2) is 9.44. The van der Waals surface area contributed by atoms with E-state index in [9.17, 15) is 4.79 Å². The van der Waals surface area contributed by atoms with Gasteiger partial charge in [0.25, 0.3) is 0 Å². The van der Waals surface area contributed by atoms with Crippen molar-refractivity contribution < 1.29 is 4.79 Å².